The summed E-state index contributed by atoms with van der Waals surface area (Å²) in [6.07, 6.45) is 6.09. The first kappa shape index (κ1) is 18.7. The van der Waals surface area contributed by atoms with Crippen LogP contribution in [0.15, 0.2) is 18.2 Å². The van der Waals surface area contributed by atoms with Gasteiger partial charge in [-0.05, 0) is 42.9 Å². The van der Waals surface area contributed by atoms with Crippen molar-refractivity contribution in [3.8, 4) is 0 Å². The highest BCUT2D eigenvalue weighted by Crippen LogP contribution is 2.28. The molecule has 28 heavy (non-hydrogen) atoms. The second kappa shape index (κ2) is 7.73. The molecule has 1 saturated carbocycles. The molecule has 1 atom stereocenters. The molecule has 0 bridgehead atoms. The van der Waals surface area contributed by atoms with Crippen LogP contribution in [0.2, 0.25) is 0 Å². The van der Waals surface area contributed by atoms with E-state index in [1.165, 1.54) is 12.8 Å². The first-order valence-electron chi connectivity index (χ1n) is 10.1. The van der Waals surface area contributed by atoms with E-state index in [0.29, 0.717) is 37.4 Å². The number of nitrogens with one attached hydrogen (secondary N) is 2. The molecule has 1 unspecified atom stereocenters. The van der Waals surface area contributed by atoms with Gasteiger partial charge in [-0.1, -0.05) is 25.0 Å². The largest absolute Gasteiger partial charge is 0.353 e. The van der Waals surface area contributed by atoms with E-state index in [-0.39, 0.29) is 24.1 Å². The molecule has 4 amide bonds. The molecule has 148 valence electrons. The van der Waals surface area contributed by atoms with Crippen molar-refractivity contribution in [2.24, 2.45) is 0 Å². The van der Waals surface area contributed by atoms with Crippen LogP contribution >= 0.6 is 0 Å². The molecule has 7 nitrogen and oxygen atoms in total. The number of rotatable bonds is 5. The highest BCUT2D eigenvalue weighted by Gasteiger charge is 2.39. The molecule has 2 N–H and O–H groups in total. The van der Waals surface area contributed by atoms with Gasteiger partial charge in [0.25, 0.3) is 5.91 Å². The minimum absolute atomic E-state index is 0.0592. The van der Waals surface area contributed by atoms with Crippen LogP contribution in [0.3, 0.4) is 0 Å². The Labute approximate surface area is 163 Å². The molecule has 2 fully saturated rings. The van der Waals surface area contributed by atoms with E-state index in [4.69, 9.17) is 0 Å². The summed E-state index contributed by atoms with van der Waals surface area (Å²) in [4.78, 5) is 50.0. The van der Waals surface area contributed by atoms with Crippen LogP contribution in [0.4, 0.5) is 0 Å². The second-order valence-electron chi connectivity index (χ2n) is 7.94. The van der Waals surface area contributed by atoms with E-state index >= 15 is 0 Å². The molecule has 0 radical (unpaired) electrons. The number of carbonyl (C=O) groups is 4. The molecule has 0 aromatic heterocycles. The lowest BCUT2D eigenvalue weighted by molar-refractivity contribution is -0.137. The summed E-state index contributed by atoms with van der Waals surface area (Å²) in [6.45, 7) is 0.378. The molecule has 1 aromatic rings. The van der Waals surface area contributed by atoms with Crippen molar-refractivity contribution in [1.29, 1.82) is 0 Å². The number of hydrogen-bond acceptors (Lipinski definition) is 4. The Kier molecular flexibility index (Phi) is 5.15. The highest BCUT2D eigenvalue weighted by molar-refractivity contribution is 6.05. The van der Waals surface area contributed by atoms with Gasteiger partial charge in [0.05, 0.1) is 0 Å². The van der Waals surface area contributed by atoms with Gasteiger partial charge in [0.1, 0.15) is 6.04 Å². The lowest BCUT2D eigenvalue weighted by atomic mass is 10.0. The molecule has 4 rings (SSSR count). The minimum atomic E-state index is -0.599. The lowest BCUT2D eigenvalue weighted by Crippen LogP contribution is -2.52. The number of amides is 4. The summed E-state index contributed by atoms with van der Waals surface area (Å²) >= 11 is 0. The highest BCUT2D eigenvalue weighted by atomic mass is 16.2. The van der Waals surface area contributed by atoms with Gasteiger partial charge in [0, 0.05) is 31.0 Å². The monoisotopic (exact) mass is 383 g/mol. The number of piperidine rings is 1. The summed E-state index contributed by atoms with van der Waals surface area (Å²) in [7, 11) is 0. The van der Waals surface area contributed by atoms with Gasteiger partial charge >= 0.3 is 0 Å². The maximum absolute atomic E-state index is 12.8. The van der Waals surface area contributed by atoms with Crippen molar-refractivity contribution in [2.45, 2.75) is 70.0 Å². The fourth-order valence-electron chi connectivity index (χ4n) is 4.39. The van der Waals surface area contributed by atoms with Crippen LogP contribution in [-0.4, -0.2) is 40.6 Å². The van der Waals surface area contributed by atoms with E-state index in [1.807, 2.05) is 18.2 Å². The molecule has 0 spiro atoms. The summed E-state index contributed by atoms with van der Waals surface area (Å²) in [5, 5.41) is 5.39. The summed E-state index contributed by atoms with van der Waals surface area (Å²) in [6, 6.07) is 5.41. The smallest absolute Gasteiger partial charge is 0.255 e. The molecule has 7 heteroatoms. The van der Waals surface area contributed by atoms with Crippen LogP contribution in [0, 0.1) is 0 Å². The number of carbonyl (C=O) groups excluding carboxylic acids is 4. The van der Waals surface area contributed by atoms with Gasteiger partial charge in [-0.3, -0.25) is 24.5 Å². The molecule has 1 aromatic carbocycles. The Hall–Kier alpha value is -2.70. The SMILES string of the molecule is O=C1CCC(N2Cc3ccc(CCC(=O)NC4CCCC4)cc3C2=O)C(=O)N1. The van der Waals surface area contributed by atoms with Gasteiger partial charge in [-0.2, -0.15) is 0 Å². The Bertz CT molecular complexity index is 829. The fourth-order valence-corrected chi connectivity index (χ4v) is 4.39. The molecular formula is C21H25N3O4. The Morgan fingerprint density at radius 3 is 2.68 bits per heavy atom. The normalized spacial score (nSPS) is 22.4. The zero-order chi connectivity index (χ0) is 19.7. The van der Waals surface area contributed by atoms with Crippen LogP contribution < -0.4 is 10.6 Å². The topological polar surface area (TPSA) is 95.6 Å². The second-order valence-corrected chi connectivity index (χ2v) is 7.94. The summed E-state index contributed by atoms with van der Waals surface area (Å²) < 4.78 is 0. The maximum atomic E-state index is 12.8. The first-order chi connectivity index (χ1) is 13.5. The maximum Gasteiger partial charge on any atom is 0.255 e. The average Bonchev–Trinajstić information content (AvgIpc) is 3.28. The quantitative estimate of drug-likeness (QED) is 0.752. The third kappa shape index (κ3) is 3.79. The van der Waals surface area contributed by atoms with E-state index in [2.05, 4.69) is 10.6 Å². The van der Waals surface area contributed by atoms with Crippen molar-refractivity contribution in [2.75, 3.05) is 0 Å². The standard InChI is InChI=1S/C21H25N3O4/c25-18(22-15-3-1-2-4-15)9-6-13-5-7-14-12-24(21(28)16(14)11-13)17-8-10-19(26)23-20(17)27/h5,7,11,15,17H,1-4,6,8-10,12H2,(H,22,25)(H,23,26,27). The first-order valence-corrected chi connectivity index (χ1v) is 10.1. The Morgan fingerprint density at radius 1 is 1.14 bits per heavy atom. The van der Waals surface area contributed by atoms with E-state index in [9.17, 15) is 19.2 Å². The minimum Gasteiger partial charge on any atom is -0.353 e. The number of fused-ring (bicyclic) bond motifs is 1. The van der Waals surface area contributed by atoms with Crippen molar-refractivity contribution in [3.05, 3.63) is 34.9 Å². The van der Waals surface area contributed by atoms with E-state index in [1.54, 1.807) is 4.90 Å². The van der Waals surface area contributed by atoms with Crippen molar-refractivity contribution in [1.82, 2.24) is 15.5 Å². The van der Waals surface area contributed by atoms with Gasteiger partial charge in [0.15, 0.2) is 0 Å². The zero-order valence-corrected chi connectivity index (χ0v) is 15.8. The zero-order valence-electron chi connectivity index (χ0n) is 15.8. The van der Waals surface area contributed by atoms with Gasteiger partial charge in [-0.25, -0.2) is 0 Å². The van der Waals surface area contributed by atoms with Gasteiger partial charge in [-0.15, -0.1) is 0 Å². The Balaban J connectivity index is 1.38. The van der Waals surface area contributed by atoms with Gasteiger partial charge < -0.3 is 10.2 Å². The molecule has 1 aliphatic carbocycles. The summed E-state index contributed by atoms with van der Waals surface area (Å²) in [5.74, 6) is -0.810. The van der Waals surface area contributed by atoms with Gasteiger partial charge in [0.2, 0.25) is 17.7 Å². The van der Waals surface area contributed by atoms with Crippen molar-refractivity contribution in [3.63, 3.8) is 0 Å². The number of imide groups is 1. The molecule has 2 aliphatic heterocycles. The predicted octanol–water partition coefficient (Wildman–Crippen LogP) is 1.44. The van der Waals surface area contributed by atoms with Crippen LogP contribution in [0.5, 0.6) is 0 Å². The van der Waals surface area contributed by atoms with Crippen LogP contribution in [-0.2, 0) is 27.3 Å². The van der Waals surface area contributed by atoms with Crippen LogP contribution in [0.1, 0.15) is 66.4 Å². The third-order valence-electron chi connectivity index (χ3n) is 5.95. The lowest BCUT2D eigenvalue weighted by Gasteiger charge is -2.29. The average molecular weight is 383 g/mol. The third-order valence-corrected chi connectivity index (χ3v) is 5.95. The Morgan fingerprint density at radius 2 is 1.93 bits per heavy atom. The molecule has 1 saturated heterocycles. The number of benzene rings is 1. The van der Waals surface area contributed by atoms with E-state index < -0.39 is 11.9 Å². The number of nitrogens with zero attached hydrogens (tertiary/aromatic N) is 1. The predicted molar refractivity (Wildman–Crippen MR) is 101 cm³/mol. The molecule has 2 heterocycles. The van der Waals surface area contributed by atoms with E-state index in [0.717, 1.165) is 24.0 Å². The number of aryl methyl sites for hydroxylation is 1. The van der Waals surface area contributed by atoms with Crippen molar-refractivity contribution >= 4 is 23.6 Å². The molecule has 3 aliphatic rings. The fraction of sp³-hybridized carbons (Fsp3) is 0.524. The van der Waals surface area contributed by atoms with Crippen molar-refractivity contribution < 1.29 is 19.2 Å². The molecular weight excluding hydrogens is 358 g/mol. The summed E-state index contributed by atoms with van der Waals surface area (Å²) in [5.41, 5.74) is 2.42. The number of hydrogen-bond donors (Lipinski definition) is 2. The van der Waals surface area contributed by atoms with Crippen LogP contribution in [0.25, 0.3) is 0 Å².